The van der Waals surface area contributed by atoms with Crippen LogP contribution >= 0.6 is 0 Å². The number of hydrogen-bond acceptors (Lipinski definition) is 4. The summed E-state index contributed by atoms with van der Waals surface area (Å²) in [6.07, 6.45) is 2.95. The van der Waals surface area contributed by atoms with Crippen LogP contribution in [0.3, 0.4) is 0 Å². The van der Waals surface area contributed by atoms with Crippen LogP contribution in [-0.2, 0) is 11.3 Å². The second-order valence-electron chi connectivity index (χ2n) is 5.58. The highest BCUT2D eigenvalue weighted by atomic mass is 16.6. The van der Waals surface area contributed by atoms with E-state index >= 15 is 0 Å². The number of aromatic nitrogens is 2. The molecular weight excluding hydrogens is 320 g/mol. The first-order chi connectivity index (χ1) is 12.0. The molecule has 0 aliphatic rings. The molecule has 3 aromatic rings. The maximum Gasteiger partial charge on any atom is 0.270 e. The number of likely N-dealkylation sites (N-methyl/N-ethyl adjacent to an activating group) is 1. The maximum atomic E-state index is 12.2. The van der Waals surface area contributed by atoms with Gasteiger partial charge in [0.1, 0.15) is 5.82 Å². The number of non-ortho nitro benzene ring substituents is 1. The van der Waals surface area contributed by atoms with Crippen molar-refractivity contribution in [2.75, 3.05) is 7.05 Å². The Kier molecular flexibility index (Phi) is 4.56. The molecule has 0 saturated heterocycles. The molecule has 0 unspecified atom stereocenters. The van der Waals surface area contributed by atoms with Crippen LogP contribution in [0.2, 0.25) is 0 Å². The van der Waals surface area contributed by atoms with E-state index in [1.807, 2.05) is 24.3 Å². The standard InChI is InChI=1S/C18H16N4O3/c1-21(12-17-19-15-7-2-3-8-16(15)20-17)18(23)10-9-13-5-4-6-14(11-13)22(24)25/h2-11H,12H2,1H3,(H,19,20)/b10-9-. The predicted molar refractivity (Wildman–Crippen MR) is 94.7 cm³/mol. The molecule has 0 aliphatic heterocycles. The van der Waals surface area contributed by atoms with Crippen molar-refractivity contribution in [1.82, 2.24) is 14.9 Å². The zero-order chi connectivity index (χ0) is 17.8. The predicted octanol–water partition coefficient (Wildman–Crippen LogP) is 3.14. The first kappa shape index (κ1) is 16.4. The number of aromatic amines is 1. The molecule has 0 fully saturated rings. The Morgan fingerprint density at radius 3 is 2.84 bits per heavy atom. The summed E-state index contributed by atoms with van der Waals surface area (Å²) < 4.78 is 0. The molecule has 1 amide bonds. The summed E-state index contributed by atoms with van der Waals surface area (Å²) in [6.45, 7) is 0.340. The lowest BCUT2D eigenvalue weighted by molar-refractivity contribution is -0.384. The van der Waals surface area contributed by atoms with Crippen molar-refractivity contribution in [3.8, 4) is 0 Å². The number of carbonyl (C=O) groups excluding carboxylic acids is 1. The number of nitrogens with one attached hydrogen (secondary N) is 1. The van der Waals surface area contributed by atoms with E-state index in [1.165, 1.54) is 23.1 Å². The fraction of sp³-hybridized carbons (Fsp3) is 0.111. The van der Waals surface area contributed by atoms with Crippen LogP contribution < -0.4 is 0 Å². The first-order valence-corrected chi connectivity index (χ1v) is 7.64. The molecule has 0 radical (unpaired) electrons. The summed E-state index contributed by atoms with van der Waals surface area (Å²) in [5, 5.41) is 10.8. The Bertz CT molecular complexity index is 929. The van der Waals surface area contributed by atoms with Gasteiger partial charge in [-0.25, -0.2) is 4.98 Å². The molecule has 0 bridgehead atoms. The molecule has 0 aliphatic carbocycles. The van der Waals surface area contributed by atoms with Gasteiger partial charge < -0.3 is 9.88 Å². The van der Waals surface area contributed by atoms with Crippen LogP contribution in [0.25, 0.3) is 17.1 Å². The Morgan fingerprint density at radius 2 is 2.08 bits per heavy atom. The minimum atomic E-state index is -0.465. The fourth-order valence-corrected chi connectivity index (χ4v) is 2.42. The number of carbonyl (C=O) groups is 1. The number of nitro benzene ring substituents is 1. The van der Waals surface area contributed by atoms with Gasteiger partial charge in [-0.3, -0.25) is 14.9 Å². The monoisotopic (exact) mass is 336 g/mol. The van der Waals surface area contributed by atoms with Crippen LogP contribution in [0.5, 0.6) is 0 Å². The van der Waals surface area contributed by atoms with Crippen molar-refractivity contribution in [3.05, 3.63) is 76.1 Å². The van der Waals surface area contributed by atoms with Crippen LogP contribution in [-0.4, -0.2) is 32.7 Å². The molecule has 1 N–H and O–H groups in total. The highest BCUT2D eigenvalue weighted by Gasteiger charge is 2.10. The number of rotatable bonds is 5. The van der Waals surface area contributed by atoms with Crippen molar-refractivity contribution in [2.45, 2.75) is 6.54 Å². The third-order valence-electron chi connectivity index (χ3n) is 3.70. The highest BCUT2D eigenvalue weighted by Crippen LogP contribution is 2.15. The highest BCUT2D eigenvalue weighted by molar-refractivity contribution is 5.91. The SMILES string of the molecule is CN(Cc1nc2ccccc2[nH]1)C(=O)/C=C\c1cccc([N+](=O)[O-])c1. The lowest BCUT2D eigenvalue weighted by atomic mass is 10.2. The molecule has 0 spiro atoms. The van der Waals surface area contributed by atoms with E-state index in [2.05, 4.69) is 9.97 Å². The van der Waals surface area contributed by atoms with E-state index in [0.29, 0.717) is 17.9 Å². The third-order valence-corrected chi connectivity index (χ3v) is 3.70. The number of benzene rings is 2. The first-order valence-electron chi connectivity index (χ1n) is 7.64. The van der Waals surface area contributed by atoms with Gasteiger partial charge in [-0.15, -0.1) is 0 Å². The number of H-pyrrole nitrogens is 1. The lowest BCUT2D eigenvalue weighted by Crippen LogP contribution is -2.24. The molecule has 7 nitrogen and oxygen atoms in total. The van der Waals surface area contributed by atoms with Crippen molar-refractivity contribution < 1.29 is 9.72 Å². The van der Waals surface area contributed by atoms with Gasteiger partial charge >= 0.3 is 0 Å². The largest absolute Gasteiger partial charge is 0.340 e. The smallest absolute Gasteiger partial charge is 0.270 e. The average molecular weight is 336 g/mol. The summed E-state index contributed by atoms with van der Waals surface area (Å²) >= 11 is 0. The minimum absolute atomic E-state index is 0.00905. The van der Waals surface area contributed by atoms with E-state index in [-0.39, 0.29) is 11.6 Å². The molecule has 1 aromatic heterocycles. The van der Waals surface area contributed by atoms with Gasteiger partial charge in [0.25, 0.3) is 5.69 Å². The Labute approximate surface area is 143 Å². The maximum absolute atomic E-state index is 12.2. The van der Waals surface area contributed by atoms with Crippen molar-refractivity contribution in [1.29, 1.82) is 0 Å². The fourth-order valence-electron chi connectivity index (χ4n) is 2.42. The second-order valence-corrected chi connectivity index (χ2v) is 5.58. The number of fused-ring (bicyclic) bond motifs is 1. The van der Waals surface area contributed by atoms with Crippen LogP contribution in [0.4, 0.5) is 5.69 Å². The van der Waals surface area contributed by atoms with Gasteiger partial charge in [0, 0.05) is 25.3 Å². The minimum Gasteiger partial charge on any atom is -0.340 e. The summed E-state index contributed by atoms with van der Waals surface area (Å²) in [5.41, 5.74) is 2.36. The van der Waals surface area contributed by atoms with Gasteiger partial charge in [0.2, 0.25) is 5.91 Å². The Balaban J connectivity index is 1.67. The molecule has 1 heterocycles. The van der Waals surface area contributed by atoms with Gasteiger partial charge in [-0.05, 0) is 23.8 Å². The number of para-hydroxylation sites is 2. The lowest BCUT2D eigenvalue weighted by Gasteiger charge is -2.12. The molecule has 126 valence electrons. The van der Waals surface area contributed by atoms with E-state index in [0.717, 1.165) is 11.0 Å². The average Bonchev–Trinajstić information content (AvgIpc) is 3.02. The third kappa shape index (κ3) is 3.89. The molecule has 2 aromatic carbocycles. The van der Waals surface area contributed by atoms with Crippen molar-refractivity contribution >= 4 is 28.7 Å². The molecule has 25 heavy (non-hydrogen) atoms. The zero-order valence-corrected chi connectivity index (χ0v) is 13.5. The van der Waals surface area contributed by atoms with E-state index < -0.39 is 4.92 Å². The summed E-state index contributed by atoms with van der Waals surface area (Å²) in [7, 11) is 1.67. The van der Waals surface area contributed by atoms with Gasteiger partial charge in [-0.2, -0.15) is 0 Å². The quantitative estimate of drug-likeness (QED) is 0.440. The Morgan fingerprint density at radius 1 is 1.28 bits per heavy atom. The van der Waals surface area contributed by atoms with Crippen molar-refractivity contribution in [3.63, 3.8) is 0 Å². The van der Waals surface area contributed by atoms with E-state index in [9.17, 15) is 14.9 Å². The van der Waals surface area contributed by atoms with Crippen LogP contribution in [0, 0.1) is 10.1 Å². The van der Waals surface area contributed by atoms with Gasteiger partial charge in [0.05, 0.1) is 22.5 Å². The number of nitrogens with zero attached hydrogens (tertiary/aromatic N) is 3. The van der Waals surface area contributed by atoms with Gasteiger partial charge in [-0.1, -0.05) is 24.3 Å². The summed E-state index contributed by atoms with van der Waals surface area (Å²) in [6, 6.07) is 13.8. The van der Waals surface area contributed by atoms with Gasteiger partial charge in [0.15, 0.2) is 0 Å². The molecule has 7 heteroatoms. The molecule has 3 rings (SSSR count). The number of amides is 1. The second kappa shape index (κ2) is 6.96. The molecule has 0 saturated carbocycles. The molecular formula is C18H16N4O3. The van der Waals surface area contributed by atoms with Crippen LogP contribution in [0.1, 0.15) is 11.4 Å². The van der Waals surface area contributed by atoms with Crippen molar-refractivity contribution in [2.24, 2.45) is 0 Å². The number of imidazole rings is 1. The van der Waals surface area contributed by atoms with E-state index in [1.54, 1.807) is 25.3 Å². The number of nitro groups is 1. The topological polar surface area (TPSA) is 92.1 Å². The zero-order valence-electron chi connectivity index (χ0n) is 13.5. The normalized spacial score (nSPS) is 11.1. The van der Waals surface area contributed by atoms with E-state index in [4.69, 9.17) is 0 Å². The summed E-state index contributed by atoms with van der Waals surface area (Å²) in [4.78, 5) is 31.7. The van der Waals surface area contributed by atoms with Crippen LogP contribution in [0.15, 0.2) is 54.6 Å². The molecule has 0 atom stereocenters. The number of hydrogen-bond donors (Lipinski definition) is 1. The summed E-state index contributed by atoms with van der Waals surface area (Å²) in [5.74, 6) is 0.479. The Hall–Kier alpha value is -3.48.